The smallest absolute Gasteiger partial charge is 0.189 e. The van der Waals surface area contributed by atoms with Crippen molar-refractivity contribution in [3.63, 3.8) is 0 Å². The van der Waals surface area contributed by atoms with Crippen LogP contribution in [0.15, 0.2) is 54.6 Å². The molecule has 0 atom stereocenters. The Bertz CT molecular complexity index is 647. The van der Waals surface area contributed by atoms with E-state index < -0.39 is 0 Å². The minimum Gasteiger partial charge on any atom is -0.494 e. The van der Waals surface area contributed by atoms with E-state index in [1.165, 1.54) is 0 Å². The zero-order valence-corrected chi connectivity index (χ0v) is 14.3. The number of hydrogen-bond donors (Lipinski definition) is 4. The molecular formula is C16H18N4OS2. The van der Waals surface area contributed by atoms with Crippen LogP contribution < -0.4 is 26.2 Å². The highest BCUT2D eigenvalue weighted by Crippen LogP contribution is 2.15. The zero-order chi connectivity index (χ0) is 16.5. The molecule has 7 heteroatoms. The summed E-state index contributed by atoms with van der Waals surface area (Å²) in [7, 11) is 0. The molecule has 0 fully saturated rings. The summed E-state index contributed by atoms with van der Waals surface area (Å²) in [6, 6.07) is 17.2. The van der Waals surface area contributed by atoms with Gasteiger partial charge in [-0.25, -0.2) is 0 Å². The molecule has 0 aliphatic carbocycles. The van der Waals surface area contributed by atoms with Crippen LogP contribution in [0.5, 0.6) is 5.75 Å². The molecule has 0 saturated heterocycles. The van der Waals surface area contributed by atoms with Crippen molar-refractivity contribution in [3.05, 3.63) is 54.6 Å². The van der Waals surface area contributed by atoms with E-state index in [0.29, 0.717) is 16.8 Å². The Hall–Kier alpha value is -2.38. The first kappa shape index (κ1) is 17.0. The van der Waals surface area contributed by atoms with Crippen LogP contribution in [-0.2, 0) is 0 Å². The maximum atomic E-state index is 5.39. The molecule has 0 bridgehead atoms. The maximum Gasteiger partial charge on any atom is 0.189 e. The molecular weight excluding hydrogens is 328 g/mol. The lowest BCUT2D eigenvalue weighted by molar-refractivity contribution is 0.340. The van der Waals surface area contributed by atoms with E-state index in [2.05, 4.69) is 21.5 Å². The number of rotatable bonds is 4. The fourth-order valence-corrected chi connectivity index (χ4v) is 2.10. The summed E-state index contributed by atoms with van der Waals surface area (Å²) in [6.07, 6.45) is 0. The molecule has 2 aromatic rings. The Morgan fingerprint density at radius 2 is 1.35 bits per heavy atom. The number of hydrazine groups is 1. The minimum atomic E-state index is 0.409. The molecule has 0 amide bonds. The summed E-state index contributed by atoms with van der Waals surface area (Å²) in [5, 5.41) is 6.91. The first-order valence-corrected chi connectivity index (χ1v) is 7.91. The SMILES string of the molecule is CCOc1ccc(NC(=S)NNC(=S)Nc2ccccc2)cc1. The highest BCUT2D eigenvalue weighted by atomic mass is 32.1. The molecule has 0 aromatic heterocycles. The Balaban J connectivity index is 1.75. The van der Waals surface area contributed by atoms with Crippen molar-refractivity contribution in [3.8, 4) is 5.75 Å². The van der Waals surface area contributed by atoms with Gasteiger partial charge in [-0.2, -0.15) is 0 Å². The summed E-state index contributed by atoms with van der Waals surface area (Å²) >= 11 is 10.4. The molecule has 2 rings (SSSR count). The van der Waals surface area contributed by atoms with Crippen molar-refractivity contribution < 1.29 is 4.74 Å². The van der Waals surface area contributed by atoms with Crippen molar-refractivity contribution in [1.82, 2.24) is 10.9 Å². The van der Waals surface area contributed by atoms with Crippen molar-refractivity contribution in [1.29, 1.82) is 0 Å². The third-order valence-corrected chi connectivity index (χ3v) is 3.15. The standard InChI is InChI=1S/C16H18N4OS2/c1-2-21-14-10-8-13(9-11-14)18-16(23)20-19-15(22)17-12-6-4-3-5-7-12/h3-11H,2H2,1H3,(H2,17,19,22)(H2,18,20,23). The topological polar surface area (TPSA) is 57.4 Å². The van der Waals surface area contributed by atoms with Gasteiger partial charge in [0.25, 0.3) is 0 Å². The molecule has 23 heavy (non-hydrogen) atoms. The number of nitrogens with one attached hydrogen (secondary N) is 4. The third-order valence-electron chi connectivity index (χ3n) is 2.74. The molecule has 0 aliphatic heterocycles. The second-order valence-electron chi connectivity index (χ2n) is 4.48. The van der Waals surface area contributed by atoms with Crippen molar-refractivity contribution in [2.24, 2.45) is 0 Å². The first-order valence-electron chi connectivity index (χ1n) is 7.09. The molecule has 5 nitrogen and oxygen atoms in total. The summed E-state index contributed by atoms with van der Waals surface area (Å²) in [5.74, 6) is 0.822. The molecule has 4 N–H and O–H groups in total. The van der Waals surface area contributed by atoms with E-state index >= 15 is 0 Å². The average molecular weight is 346 g/mol. The van der Waals surface area contributed by atoms with Gasteiger partial charge in [-0.15, -0.1) is 0 Å². The number of thiocarbonyl (C=S) groups is 2. The minimum absolute atomic E-state index is 0.409. The van der Waals surface area contributed by atoms with E-state index in [1.54, 1.807) is 0 Å². The Morgan fingerprint density at radius 1 is 0.826 bits per heavy atom. The number of hydrogen-bond acceptors (Lipinski definition) is 3. The van der Waals surface area contributed by atoms with Gasteiger partial charge in [-0.3, -0.25) is 10.9 Å². The van der Waals surface area contributed by atoms with Gasteiger partial charge in [0.15, 0.2) is 10.2 Å². The largest absolute Gasteiger partial charge is 0.494 e. The number of para-hydroxylation sites is 1. The highest BCUT2D eigenvalue weighted by molar-refractivity contribution is 7.81. The third kappa shape index (κ3) is 6.09. The van der Waals surface area contributed by atoms with Crippen LogP contribution in [0.4, 0.5) is 11.4 Å². The lowest BCUT2D eigenvalue weighted by Crippen LogP contribution is -2.45. The van der Waals surface area contributed by atoms with Crippen molar-refractivity contribution >= 4 is 46.0 Å². The monoisotopic (exact) mass is 346 g/mol. The van der Waals surface area contributed by atoms with Crippen molar-refractivity contribution in [2.45, 2.75) is 6.92 Å². The van der Waals surface area contributed by atoms with E-state index in [-0.39, 0.29) is 0 Å². The van der Waals surface area contributed by atoms with E-state index in [0.717, 1.165) is 17.1 Å². The Labute approximate surface area is 146 Å². The van der Waals surface area contributed by atoms with Gasteiger partial charge < -0.3 is 15.4 Å². The number of benzene rings is 2. The van der Waals surface area contributed by atoms with Gasteiger partial charge in [0.2, 0.25) is 0 Å². The summed E-state index contributed by atoms with van der Waals surface area (Å²) in [6.45, 7) is 2.59. The molecule has 0 saturated carbocycles. The fraction of sp³-hybridized carbons (Fsp3) is 0.125. The molecule has 0 aliphatic rings. The van der Waals surface area contributed by atoms with Gasteiger partial charge in [-0.1, -0.05) is 18.2 Å². The lowest BCUT2D eigenvalue weighted by Gasteiger charge is -2.14. The Kier molecular flexibility index (Phi) is 6.58. The van der Waals surface area contributed by atoms with Crippen LogP contribution in [0.3, 0.4) is 0 Å². The molecule has 120 valence electrons. The van der Waals surface area contributed by atoms with Crippen LogP contribution in [0.2, 0.25) is 0 Å². The predicted octanol–water partition coefficient (Wildman–Crippen LogP) is 3.27. The van der Waals surface area contributed by atoms with Crippen LogP contribution in [-0.4, -0.2) is 16.8 Å². The molecule has 2 aromatic carbocycles. The average Bonchev–Trinajstić information content (AvgIpc) is 2.56. The second kappa shape index (κ2) is 8.92. The fourth-order valence-electron chi connectivity index (χ4n) is 1.76. The van der Waals surface area contributed by atoms with E-state index in [1.807, 2.05) is 61.5 Å². The second-order valence-corrected chi connectivity index (χ2v) is 5.30. The van der Waals surface area contributed by atoms with E-state index in [4.69, 9.17) is 29.2 Å². The van der Waals surface area contributed by atoms with E-state index in [9.17, 15) is 0 Å². The van der Waals surface area contributed by atoms with Gasteiger partial charge in [-0.05, 0) is 67.8 Å². The van der Waals surface area contributed by atoms with Crippen LogP contribution in [0, 0.1) is 0 Å². The van der Waals surface area contributed by atoms with Gasteiger partial charge in [0.1, 0.15) is 5.75 Å². The van der Waals surface area contributed by atoms with Gasteiger partial charge >= 0.3 is 0 Å². The predicted molar refractivity (Wildman–Crippen MR) is 103 cm³/mol. The van der Waals surface area contributed by atoms with Crippen LogP contribution >= 0.6 is 24.4 Å². The highest BCUT2D eigenvalue weighted by Gasteiger charge is 2.00. The molecule has 0 radical (unpaired) electrons. The normalized spacial score (nSPS) is 9.61. The molecule has 0 heterocycles. The summed E-state index contributed by atoms with van der Waals surface area (Å²) < 4.78 is 5.39. The molecule has 0 unspecified atom stereocenters. The van der Waals surface area contributed by atoms with Crippen LogP contribution in [0.1, 0.15) is 6.92 Å². The quantitative estimate of drug-likeness (QED) is 0.501. The zero-order valence-electron chi connectivity index (χ0n) is 12.6. The first-order chi connectivity index (χ1) is 11.2. The number of anilines is 2. The van der Waals surface area contributed by atoms with Crippen LogP contribution in [0.25, 0.3) is 0 Å². The lowest BCUT2D eigenvalue weighted by atomic mass is 10.3. The van der Waals surface area contributed by atoms with Crippen molar-refractivity contribution in [2.75, 3.05) is 17.2 Å². The molecule has 0 spiro atoms. The number of ether oxygens (including phenoxy) is 1. The van der Waals surface area contributed by atoms with Gasteiger partial charge in [0, 0.05) is 11.4 Å². The summed E-state index contributed by atoms with van der Waals surface area (Å²) in [5.41, 5.74) is 7.41. The maximum absolute atomic E-state index is 5.39. The summed E-state index contributed by atoms with van der Waals surface area (Å²) in [4.78, 5) is 0. The Morgan fingerprint density at radius 3 is 1.87 bits per heavy atom. The van der Waals surface area contributed by atoms with Gasteiger partial charge in [0.05, 0.1) is 6.61 Å².